The lowest BCUT2D eigenvalue weighted by Gasteiger charge is -2.29. The molecule has 0 saturated carbocycles. The molecular formula is C20H18ClNO2S. The second-order valence-electron chi connectivity index (χ2n) is 5.73. The number of hydrogen-bond acceptors (Lipinski definition) is 4. The molecule has 0 aliphatic heterocycles. The van der Waals surface area contributed by atoms with E-state index in [9.17, 15) is 4.79 Å². The highest BCUT2D eigenvalue weighted by Crippen LogP contribution is 2.37. The van der Waals surface area contributed by atoms with Crippen molar-refractivity contribution in [2.45, 2.75) is 17.3 Å². The van der Waals surface area contributed by atoms with Crippen LogP contribution >= 0.6 is 22.9 Å². The smallest absolute Gasteiger partial charge is 0.347 e. The zero-order chi connectivity index (χ0) is 17.7. The van der Waals surface area contributed by atoms with Crippen LogP contribution in [0, 0.1) is 0 Å². The molecule has 0 aliphatic rings. The van der Waals surface area contributed by atoms with Crippen LogP contribution in [0.2, 0.25) is 0 Å². The summed E-state index contributed by atoms with van der Waals surface area (Å²) in [4.78, 5) is 12.0. The zero-order valence-electron chi connectivity index (χ0n) is 13.5. The van der Waals surface area contributed by atoms with Gasteiger partial charge in [0.1, 0.15) is 5.75 Å². The van der Waals surface area contributed by atoms with E-state index in [2.05, 4.69) is 0 Å². The topological polar surface area (TPSA) is 52.3 Å². The molecule has 0 radical (unpaired) electrons. The standard InChI is InChI=1S/C20H18ClNO2S/c21-20(22,19(23)24-16-10-5-2-6-11-16)17(18-12-7-13-25-18)14-15-8-3-1-4-9-15/h1-13,17H,14,22H2. The number of thiophene rings is 1. The number of nitrogens with two attached hydrogens (primary N) is 1. The molecule has 0 spiro atoms. The Bertz CT molecular complexity index is 804. The number of hydrogen-bond donors (Lipinski definition) is 1. The Morgan fingerprint density at radius 1 is 1.04 bits per heavy atom. The van der Waals surface area contributed by atoms with Crippen LogP contribution in [-0.4, -0.2) is 11.0 Å². The van der Waals surface area contributed by atoms with Crippen molar-refractivity contribution in [2.24, 2.45) is 5.73 Å². The summed E-state index contributed by atoms with van der Waals surface area (Å²) in [5, 5.41) is 1.95. The maximum absolute atomic E-state index is 12.7. The minimum absolute atomic E-state index is 0.396. The van der Waals surface area contributed by atoms with Gasteiger partial charge in [0.05, 0.1) is 0 Å². The molecule has 25 heavy (non-hydrogen) atoms. The number of halogens is 1. The molecular weight excluding hydrogens is 354 g/mol. The number of para-hydroxylation sites is 1. The van der Waals surface area contributed by atoms with Crippen molar-refractivity contribution in [1.82, 2.24) is 0 Å². The summed E-state index contributed by atoms with van der Waals surface area (Å²) >= 11 is 8.08. The molecule has 5 heteroatoms. The van der Waals surface area contributed by atoms with Gasteiger partial charge in [-0.05, 0) is 35.6 Å². The fraction of sp³-hybridized carbons (Fsp3) is 0.150. The predicted molar refractivity (Wildman–Crippen MR) is 102 cm³/mol. The molecule has 0 fully saturated rings. The van der Waals surface area contributed by atoms with E-state index in [1.165, 1.54) is 11.3 Å². The van der Waals surface area contributed by atoms with Gasteiger partial charge in [0.25, 0.3) is 0 Å². The van der Waals surface area contributed by atoms with Crippen LogP contribution in [0.15, 0.2) is 78.2 Å². The van der Waals surface area contributed by atoms with E-state index >= 15 is 0 Å². The number of benzene rings is 2. The summed E-state index contributed by atoms with van der Waals surface area (Å²) < 4.78 is 5.40. The predicted octanol–water partition coefficient (Wildman–Crippen LogP) is 4.57. The van der Waals surface area contributed by atoms with Gasteiger partial charge in [-0.25, -0.2) is 4.79 Å². The highest BCUT2D eigenvalue weighted by atomic mass is 35.5. The molecule has 1 aromatic heterocycles. The molecule has 2 unspecified atom stereocenters. The van der Waals surface area contributed by atoms with Crippen molar-refractivity contribution < 1.29 is 9.53 Å². The van der Waals surface area contributed by atoms with Crippen LogP contribution in [0.5, 0.6) is 5.75 Å². The average molecular weight is 372 g/mol. The fourth-order valence-corrected chi connectivity index (χ4v) is 3.81. The molecule has 3 rings (SSSR count). The van der Waals surface area contributed by atoms with Crippen LogP contribution in [0.25, 0.3) is 0 Å². The van der Waals surface area contributed by atoms with Gasteiger partial charge in [-0.2, -0.15) is 0 Å². The first-order valence-corrected chi connectivity index (χ1v) is 9.15. The van der Waals surface area contributed by atoms with Crippen LogP contribution < -0.4 is 10.5 Å². The van der Waals surface area contributed by atoms with E-state index in [-0.39, 0.29) is 0 Å². The van der Waals surface area contributed by atoms with Gasteiger partial charge in [-0.1, -0.05) is 66.2 Å². The lowest BCUT2D eigenvalue weighted by Crippen LogP contribution is -2.50. The highest BCUT2D eigenvalue weighted by molar-refractivity contribution is 7.10. The van der Waals surface area contributed by atoms with Gasteiger partial charge in [-0.3, -0.25) is 0 Å². The lowest BCUT2D eigenvalue weighted by atomic mass is 9.90. The van der Waals surface area contributed by atoms with Crippen LogP contribution in [0.3, 0.4) is 0 Å². The molecule has 0 saturated heterocycles. The van der Waals surface area contributed by atoms with E-state index in [4.69, 9.17) is 22.1 Å². The second kappa shape index (κ2) is 7.83. The molecule has 3 nitrogen and oxygen atoms in total. The van der Waals surface area contributed by atoms with E-state index in [0.717, 1.165) is 10.4 Å². The molecule has 0 bridgehead atoms. The largest absolute Gasteiger partial charge is 0.424 e. The average Bonchev–Trinajstić information content (AvgIpc) is 3.15. The summed E-state index contributed by atoms with van der Waals surface area (Å²) in [6, 6.07) is 22.5. The first-order valence-electron chi connectivity index (χ1n) is 7.90. The minimum atomic E-state index is -1.67. The molecule has 128 valence electrons. The summed E-state index contributed by atoms with van der Waals surface area (Å²) in [6.45, 7) is 0. The van der Waals surface area contributed by atoms with Gasteiger partial charge in [0.2, 0.25) is 0 Å². The molecule has 3 aromatic rings. The maximum Gasteiger partial charge on any atom is 0.347 e. The lowest BCUT2D eigenvalue weighted by molar-refractivity contribution is -0.138. The summed E-state index contributed by atoms with van der Waals surface area (Å²) in [5.41, 5.74) is 7.35. The maximum atomic E-state index is 12.7. The SMILES string of the molecule is NC(Cl)(C(=O)Oc1ccccc1)C(Cc1ccccc1)c1cccs1. The van der Waals surface area contributed by atoms with Crippen molar-refractivity contribution in [1.29, 1.82) is 0 Å². The number of rotatable bonds is 6. The summed E-state index contributed by atoms with van der Waals surface area (Å²) in [7, 11) is 0. The Balaban J connectivity index is 1.87. The Morgan fingerprint density at radius 3 is 2.28 bits per heavy atom. The van der Waals surface area contributed by atoms with Crippen molar-refractivity contribution in [3.05, 3.63) is 88.6 Å². The van der Waals surface area contributed by atoms with E-state index in [0.29, 0.717) is 12.2 Å². The van der Waals surface area contributed by atoms with E-state index in [1.54, 1.807) is 24.3 Å². The zero-order valence-corrected chi connectivity index (χ0v) is 15.0. The summed E-state index contributed by atoms with van der Waals surface area (Å²) in [6.07, 6.45) is 0.547. The molecule has 2 atom stereocenters. The van der Waals surface area contributed by atoms with Gasteiger partial charge in [-0.15, -0.1) is 11.3 Å². The van der Waals surface area contributed by atoms with Crippen LogP contribution in [0.1, 0.15) is 16.4 Å². The number of esters is 1. The van der Waals surface area contributed by atoms with Gasteiger partial charge < -0.3 is 10.5 Å². The van der Waals surface area contributed by atoms with Crippen molar-refractivity contribution in [3.63, 3.8) is 0 Å². The molecule has 1 heterocycles. The van der Waals surface area contributed by atoms with Crippen molar-refractivity contribution in [2.75, 3.05) is 0 Å². The number of carbonyl (C=O) groups is 1. The normalized spacial score (nSPS) is 14.5. The van der Waals surface area contributed by atoms with Crippen LogP contribution in [-0.2, 0) is 11.2 Å². The third kappa shape index (κ3) is 4.28. The first kappa shape index (κ1) is 17.7. The first-order chi connectivity index (χ1) is 12.1. The minimum Gasteiger partial charge on any atom is -0.424 e. The monoisotopic (exact) mass is 371 g/mol. The third-order valence-corrected chi connectivity index (χ3v) is 5.35. The molecule has 0 amide bonds. The van der Waals surface area contributed by atoms with Gasteiger partial charge >= 0.3 is 5.97 Å². The van der Waals surface area contributed by atoms with Gasteiger partial charge in [0, 0.05) is 10.8 Å². The molecule has 0 aliphatic carbocycles. The summed E-state index contributed by atoms with van der Waals surface area (Å²) in [5.74, 6) is -0.630. The van der Waals surface area contributed by atoms with E-state index < -0.39 is 16.9 Å². The fourth-order valence-electron chi connectivity index (χ4n) is 2.61. The highest BCUT2D eigenvalue weighted by Gasteiger charge is 2.43. The van der Waals surface area contributed by atoms with Crippen LogP contribution in [0.4, 0.5) is 0 Å². The Kier molecular flexibility index (Phi) is 5.53. The molecule has 2 aromatic carbocycles. The number of carbonyl (C=O) groups excluding carboxylic acids is 1. The Hall–Kier alpha value is -2.14. The molecule has 2 N–H and O–H groups in total. The van der Waals surface area contributed by atoms with Crippen molar-refractivity contribution >= 4 is 28.9 Å². The number of ether oxygens (including phenoxy) is 1. The second-order valence-corrected chi connectivity index (χ2v) is 7.33. The van der Waals surface area contributed by atoms with Gasteiger partial charge in [0.15, 0.2) is 5.00 Å². The quantitative estimate of drug-likeness (QED) is 0.299. The number of alkyl halides is 1. The third-order valence-electron chi connectivity index (χ3n) is 3.94. The Labute approximate surface area is 156 Å². The van der Waals surface area contributed by atoms with E-state index in [1.807, 2.05) is 53.9 Å². The Morgan fingerprint density at radius 2 is 1.68 bits per heavy atom. The van der Waals surface area contributed by atoms with Crippen molar-refractivity contribution in [3.8, 4) is 5.75 Å².